The zero-order valence-electron chi connectivity index (χ0n) is 7.25. The molecule has 0 aromatic carbocycles. The van der Waals surface area contributed by atoms with Gasteiger partial charge in [0, 0.05) is 0 Å². The Kier molecular flexibility index (Phi) is 2.42. The number of hydrogen-bond donors (Lipinski definition) is 1. The number of thioether (sulfide) groups is 1. The van der Waals surface area contributed by atoms with E-state index in [9.17, 15) is 9.59 Å². The Morgan fingerprint density at radius 1 is 1.47 bits per heavy atom. The van der Waals surface area contributed by atoms with Crippen LogP contribution in [0, 0.1) is 0 Å². The van der Waals surface area contributed by atoms with Gasteiger partial charge in [-0.3, -0.25) is 9.59 Å². The molecule has 1 N–H and O–H groups in total. The van der Waals surface area contributed by atoms with Crippen LogP contribution in [0.2, 0.25) is 0 Å². The highest BCUT2D eigenvalue weighted by Crippen LogP contribution is 2.14. The van der Waals surface area contributed by atoms with Crippen LogP contribution >= 0.6 is 11.8 Å². The Bertz CT molecular complexity index is 463. The van der Waals surface area contributed by atoms with Gasteiger partial charge in [0.1, 0.15) is 6.34 Å². The molecule has 2 rings (SSSR count). The predicted octanol–water partition coefficient (Wildman–Crippen LogP) is -0.418. The first-order valence-electron chi connectivity index (χ1n) is 3.84. The molecule has 0 fully saturated rings. The summed E-state index contributed by atoms with van der Waals surface area (Å²) in [7, 11) is 0. The Balaban J connectivity index is 2.13. The number of hydrogen-bond acceptors (Lipinski definition) is 6. The molecule has 0 atom stereocenters. The van der Waals surface area contributed by atoms with Gasteiger partial charge in [-0.25, -0.2) is 15.0 Å². The highest BCUT2D eigenvalue weighted by atomic mass is 32.2. The van der Waals surface area contributed by atoms with Gasteiger partial charge in [-0.05, 0) is 0 Å². The average molecular weight is 224 g/mol. The molecule has 2 aliphatic rings. The van der Waals surface area contributed by atoms with Crippen LogP contribution in [0.4, 0.5) is 0 Å². The fourth-order valence-corrected chi connectivity index (χ4v) is 1.50. The van der Waals surface area contributed by atoms with Crippen LogP contribution in [0.5, 0.6) is 0 Å². The first-order chi connectivity index (χ1) is 7.16. The Labute approximate surface area is 87.7 Å². The summed E-state index contributed by atoms with van der Waals surface area (Å²) in [6.45, 7) is 0. The Morgan fingerprint density at radius 3 is 2.93 bits per heavy atom. The fourth-order valence-electron chi connectivity index (χ4n) is 0.936. The van der Waals surface area contributed by atoms with Gasteiger partial charge in [0.2, 0.25) is 0 Å². The molecule has 0 aromatic heterocycles. The van der Waals surface area contributed by atoms with Crippen molar-refractivity contribution in [3.63, 3.8) is 0 Å². The van der Waals surface area contributed by atoms with E-state index in [1.807, 2.05) is 0 Å². The molecule has 0 aromatic rings. The van der Waals surface area contributed by atoms with Crippen LogP contribution in [0.3, 0.4) is 0 Å². The molecule has 0 bridgehead atoms. The van der Waals surface area contributed by atoms with Crippen molar-refractivity contribution in [3.05, 3.63) is 0 Å². The summed E-state index contributed by atoms with van der Waals surface area (Å²) in [4.78, 5) is 36.3. The molecule has 0 radical (unpaired) electrons. The van der Waals surface area contributed by atoms with Crippen molar-refractivity contribution in [2.45, 2.75) is 0 Å². The van der Waals surface area contributed by atoms with Crippen LogP contribution < -0.4 is 0 Å². The number of aliphatic imine (C=N–C) groups is 4. The Morgan fingerprint density at radius 2 is 2.27 bits per heavy atom. The molecule has 1 amide bonds. The number of carboxylic acids is 1. The first-order valence-corrected chi connectivity index (χ1v) is 4.82. The summed E-state index contributed by atoms with van der Waals surface area (Å²) in [5.74, 6) is -1.43. The van der Waals surface area contributed by atoms with Gasteiger partial charge >= 0.3 is 11.9 Å². The minimum atomic E-state index is -0.970. The summed E-state index contributed by atoms with van der Waals surface area (Å²) >= 11 is 0.935. The second-order valence-corrected chi connectivity index (χ2v) is 3.48. The number of fused-ring (bicyclic) bond motifs is 1. The number of amides is 1. The molecule has 7 nitrogen and oxygen atoms in total. The van der Waals surface area contributed by atoms with E-state index in [4.69, 9.17) is 5.11 Å². The molecule has 2 heterocycles. The Hall–Kier alpha value is -1.83. The lowest BCUT2D eigenvalue weighted by Crippen LogP contribution is -2.21. The molecule has 0 spiro atoms. The maximum atomic E-state index is 11.2. The smallest absolute Gasteiger partial charge is 0.313 e. The molecular formula is C7H4N4O3S. The summed E-state index contributed by atoms with van der Waals surface area (Å²) in [5.41, 5.74) is 0.0744. The summed E-state index contributed by atoms with van der Waals surface area (Å²) in [5, 5.41) is 8.67. The number of carboxylic acid groups (broad SMARTS) is 1. The summed E-state index contributed by atoms with van der Waals surface area (Å²) < 4.78 is 0. The van der Waals surface area contributed by atoms with Crippen molar-refractivity contribution >= 4 is 46.7 Å². The third kappa shape index (κ3) is 1.99. The molecule has 2 aliphatic heterocycles. The van der Waals surface area contributed by atoms with E-state index >= 15 is 0 Å². The zero-order chi connectivity index (χ0) is 10.8. The maximum Gasteiger partial charge on any atom is 0.313 e. The van der Waals surface area contributed by atoms with Gasteiger partial charge in [0.15, 0.2) is 16.7 Å². The van der Waals surface area contributed by atoms with E-state index in [0.717, 1.165) is 18.1 Å². The van der Waals surface area contributed by atoms with Crippen molar-refractivity contribution in [1.29, 1.82) is 0 Å². The third-order valence-electron chi connectivity index (χ3n) is 1.50. The molecule has 0 saturated heterocycles. The average Bonchev–Trinajstić information content (AvgIpc) is 2.59. The third-order valence-corrected chi connectivity index (χ3v) is 2.34. The van der Waals surface area contributed by atoms with E-state index in [1.54, 1.807) is 0 Å². The second-order valence-electron chi connectivity index (χ2n) is 2.54. The van der Waals surface area contributed by atoms with Gasteiger partial charge in [-0.1, -0.05) is 11.8 Å². The van der Waals surface area contributed by atoms with Gasteiger partial charge in [0.05, 0.1) is 5.75 Å². The standard InChI is InChI=1S/C7H4N4O3S/c12-3(13)1-15-7-10-4-5(11-7)8-2-9-6(4)14/h2H,1H2,(H,12,13). The van der Waals surface area contributed by atoms with Crippen LogP contribution in [0.25, 0.3) is 0 Å². The van der Waals surface area contributed by atoms with Crippen molar-refractivity contribution in [2.75, 3.05) is 5.75 Å². The molecule has 15 heavy (non-hydrogen) atoms. The van der Waals surface area contributed by atoms with Crippen LogP contribution in [-0.4, -0.2) is 45.8 Å². The van der Waals surface area contributed by atoms with Gasteiger partial charge in [0.25, 0.3) is 0 Å². The van der Waals surface area contributed by atoms with Gasteiger partial charge in [-0.2, -0.15) is 4.99 Å². The maximum absolute atomic E-state index is 11.2. The number of carbonyl (C=O) groups excluding carboxylic acids is 1. The van der Waals surface area contributed by atoms with Crippen molar-refractivity contribution in [2.24, 2.45) is 20.0 Å². The first kappa shape index (κ1) is 9.71. The van der Waals surface area contributed by atoms with E-state index in [1.165, 1.54) is 0 Å². The molecular weight excluding hydrogens is 220 g/mol. The fraction of sp³-hybridized carbons (Fsp3) is 0.143. The number of aliphatic carboxylic acids is 1. The molecule has 0 aliphatic carbocycles. The highest BCUT2D eigenvalue weighted by Gasteiger charge is 2.26. The van der Waals surface area contributed by atoms with Crippen molar-refractivity contribution < 1.29 is 14.7 Å². The van der Waals surface area contributed by atoms with E-state index in [2.05, 4.69) is 20.0 Å². The van der Waals surface area contributed by atoms with Crippen molar-refractivity contribution in [3.8, 4) is 0 Å². The predicted molar refractivity (Wildman–Crippen MR) is 55.9 cm³/mol. The van der Waals surface area contributed by atoms with Crippen LogP contribution in [0.15, 0.2) is 20.0 Å². The zero-order valence-corrected chi connectivity index (χ0v) is 8.06. The minimum Gasteiger partial charge on any atom is -0.481 e. The number of nitrogens with zero attached hydrogens (tertiary/aromatic N) is 4. The molecule has 0 saturated carbocycles. The van der Waals surface area contributed by atoms with E-state index < -0.39 is 11.9 Å². The van der Waals surface area contributed by atoms with Crippen LogP contribution in [-0.2, 0) is 9.59 Å². The lowest BCUT2D eigenvalue weighted by Gasteiger charge is -1.96. The van der Waals surface area contributed by atoms with Crippen molar-refractivity contribution in [1.82, 2.24) is 0 Å². The number of rotatable bonds is 2. The topological polar surface area (TPSA) is 104 Å². The summed E-state index contributed by atoms with van der Waals surface area (Å²) in [6, 6.07) is 0. The largest absolute Gasteiger partial charge is 0.481 e. The monoisotopic (exact) mass is 224 g/mol. The SMILES string of the molecule is O=C(O)CSC1=NC2=NC=NC(=O)C2=N1. The second kappa shape index (κ2) is 3.73. The van der Waals surface area contributed by atoms with Gasteiger partial charge < -0.3 is 5.11 Å². The summed E-state index contributed by atoms with van der Waals surface area (Å²) in [6.07, 6.45) is 1.10. The number of carbonyl (C=O) groups is 2. The lowest BCUT2D eigenvalue weighted by atomic mass is 10.3. The molecule has 8 heteroatoms. The lowest BCUT2D eigenvalue weighted by molar-refractivity contribution is -0.133. The van der Waals surface area contributed by atoms with E-state index in [-0.39, 0.29) is 22.5 Å². The quantitative estimate of drug-likeness (QED) is 0.687. The van der Waals surface area contributed by atoms with E-state index in [0.29, 0.717) is 0 Å². The van der Waals surface area contributed by atoms with Crippen LogP contribution in [0.1, 0.15) is 0 Å². The number of amidine groups is 2. The van der Waals surface area contributed by atoms with Gasteiger partial charge in [-0.15, -0.1) is 0 Å². The molecule has 0 unspecified atom stereocenters. The minimum absolute atomic E-state index is 0.0744. The highest BCUT2D eigenvalue weighted by molar-refractivity contribution is 8.14. The molecule has 76 valence electrons. The normalized spacial score (nSPS) is 18.1.